The lowest BCUT2D eigenvalue weighted by atomic mass is 10.1. The zero-order chi connectivity index (χ0) is 28.8. The normalized spacial score (nSPS) is 13.8. The van der Waals surface area contributed by atoms with Crippen molar-refractivity contribution in [3.05, 3.63) is 85.0 Å². The van der Waals surface area contributed by atoms with E-state index in [1.165, 1.54) is 13.2 Å². The second-order valence-electron chi connectivity index (χ2n) is 8.42. The first-order chi connectivity index (χ1) is 19.2. The smallest absolute Gasteiger partial charge is 0.329 e. The van der Waals surface area contributed by atoms with E-state index in [2.05, 4.69) is 33.2 Å². The number of para-hydroxylation sites is 2. The summed E-state index contributed by atoms with van der Waals surface area (Å²) in [5, 5.41) is 6.20. The van der Waals surface area contributed by atoms with Crippen LogP contribution >= 0.6 is 45.8 Å². The number of rotatable bonds is 10. The van der Waals surface area contributed by atoms with Crippen molar-refractivity contribution < 1.29 is 28.6 Å². The molecular weight excluding hydrogens is 672 g/mol. The zero-order valence-corrected chi connectivity index (χ0v) is 25.1. The fourth-order valence-corrected chi connectivity index (χ4v) is 5.07. The Bertz CT molecular complexity index is 1500. The lowest BCUT2D eigenvalue weighted by Gasteiger charge is -2.15. The molecule has 4 rings (SSSR count). The van der Waals surface area contributed by atoms with Gasteiger partial charge in [-0.2, -0.15) is 0 Å². The van der Waals surface area contributed by atoms with E-state index in [4.69, 9.17) is 37.4 Å². The highest BCUT2D eigenvalue weighted by Crippen LogP contribution is 2.36. The molecule has 1 aliphatic rings. The van der Waals surface area contributed by atoms with Gasteiger partial charge in [0.25, 0.3) is 5.91 Å². The molecular formula is C28H24Cl2IN3O6. The molecule has 0 aromatic heterocycles. The minimum absolute atomic E-state index is 0.0231. The van der Waals surface area contributed by atoms with Crippen LogP contribution in [0.4, 0.5) is 10.5 Å². The van der Waals surface area contributed by atoms with Gasteiger partial charge in [-0.15, -0.1) is 0 Å². The number of urea groups is 1. The molecule has 4 amide bonds. The SMILES string of the molecule is CCOc1cc(/C=C2/NC(=O)N(CC(=O)Nc3ccccc3OC)C2=O)cc(I)c1OCc1ccc(Cl)cc1Cl. The van der Waals surface area contributed by atoms with Gasteiger partial charge in [-0.1, -0.05) is 41.4 Å². The Morgan fingerprint density at radius 3 is 2.58 bits per heavy atom. The van der Waals surface area contributed by atoms with Crippen LogP contribution in [0.2, 0.25) is 10.0 Å². The Kier molecular flexibility index (Phi) is 9.77. The van der Waals surface area contributed by atoms with Crippen LogP contribution in [0, 0.1) is 3.57 Å². The molecule has 0 radical (unpaired) electrons. The van der Waals surface area contributed by atoms with Gasteiger partial charge in [0.1, 0.15) is 24.6 Å². The largest absolute Gasteiger partial charge is 0.495 e. The molecule has 1 aliphatic heterocycles. The molecule has 9 nitrogen and oxygen atoms in total. The summed E-state index contributed by atoms with van der Waals surface area (Å²) in [6.07, 6.45) is 1.52. The summed E-state index contributed by atoms with van der Waals surface area (Å²) in [5.74, 6) is 0.232. The molecule has 1 saturated heterocycles. The first-order valence-electron chi connectivity index (χ1n) is 12.0. The molecule has 0 spiro atoms. The fourth-order valence-electron chi connectivity index (χ4n) is 3.83. The van der Waals surface area contributed by atoms with Crippen LogP contribution in [-0.2, 0) is 16.2 Å². The van der Waals surface area contributed by atoms with Crippen LogP contribution in [0.3, 0.4) is 0 Å². The number of benzene rings is 3. The number of methoxy groups -OCH3 is 1. The number of halogens is 3. The van der Waals surface area contributed by atoms with Crippen molar-refractivity contribution in [1.29, 1.82) is 0 Å². The molecule has 0 aliphatic carbocycles. The number of nitrogens with one attached hydrogen (secondary N) is 2. The number of hydrogen-bond donors (Lipinski definition) is 2. The number of anilines is 1. The third-order valence-corrected chi connectivity index (χ3v) is 7.06. The van der Waals surface area contributed by atoms with Gasteiger partial charge >= 0.3 is 6.03 Å². The molecule has 0 atom stereocenters. The average molecular weight is 696 g/mol. The van der Waals surface area contributed by atoms with E-state index in [0.29, 0.717) is 48.7 Å². The van der Waals surface area contributed by atoms with E-state index in [1.54, 1.807) is 54.6 Å². The summed E-state index contributed by atoms with van der Waals surface area (Å²) >= 11 is 14.4. The molecule has 0 bridgehead atoms. The zero-order valence-electron chi connectivity index (χ0n) is 21.4. The number of hydrogen-bond acceptors (Lipinski definition) is 6. The number of ether oxygens (including phenoxy) is 3. The molecule has 3 aromatic rings. The van der Waals surface area contributed by atoms with Gasteiger partial charge in [-0.3, -0.25) is 9.59 Å². The van der Waals surface area contributed by atoms with Crippen molar-refractivity contribution in [2.45, 2.75) is 13.5 Å². The number of nitrogens with zero attached hydrogens (tertiary/aromatic N) is 1. The molecule has 40 heavy (non-hydrogen) atoms. The molecule has 2 N–H and O–H groups in total. The first-order valence-corrected chi connectivity index (χ1v) is 13.8. The molecule has 0 unspecified atom stereocenters. The Balaban J connectivity index is 1.50. The maximum atomic E-state index is 13.0. The van der Waals surface area contributed by atoms with E-state index in [0.717, 1.165) is 10.5 Å². The van der Waals surface area contributed by atoms with E-state index in [-0.39, 0.29) is 12.3 Å². The Morgan fingerprint density at radius 2 is 1.85 bits per heavy atom. The summed E-state index contributed by atoms with van der Waals surface area (Å²) in [5.41, 5.74) is 1.80. The van der Waals surface area contributed by atoms with Crippen LogP contribution in [0.5, 0.6) is 17.2 Å². The van der Waals surface area contributed by atoms with Crippen molar-refractivity contribution >= 4 is 75.4 Å². The summed E-state index contributed by atoms with van der Waals surface area (Å²) in [7, 11) is 1.48. The Labute approximate surface area is 254 Å². The van der Waals surface area contributed by atoms with Crippen molar-refractivity contribution in [2.24, 2.45) is 0 Å². The second-order valence-corrected chi connectivity index (χ2v) is 10.4. The minimum Gasteiger partial charge on any atom is -0.495 e. The highest BCUT2D eigenvalue weighted by atomic mass is 127. The van der Waals surface area contributed by atoms with Crippen LogP contribution < -0.4 is 24.8 Å². The van der Waals surface area contributed by atoms with Crippen molar-refractivity contribution in [2.75, 3.05) is 25.6 Å². The van der Waals surface area contributed by atoms with Crippen LogP contribution in [0.1, 0.15) is 18.1 Å². The highest BCUT2D eigenvalue weighted by Gasteiger charge is 2.35. The average Bonchev–Trinajstić information content (AvgIpc) is 3.16. The van der Waals surface area contributed by atoms with Gasteiger partial charge < -0.3 is 24.8 Å². The van der Waals surface area contributed by atoms with Crippen LogP contribution in [-0.4, -0.2) is 43.0 Å². The monoisotopic (exact) mass is 695 g/mol. The number of carbonyl (C=O) groups excluding carboxylic acids is 3. The number of carbonyl (C=O) groups is 3. The maximum absolute atomic E-state index is 13.0. The summed E-state index contributed by atoms with van der Waals surface area (Å²) in [6, 6.07) is 14.8. The van der Waals surface area contributed by atoms with Gasteiger partial charge in [0.05, 0.1) is 23.0 Å². The fraction of sp³-hybridized carbons (Fsp3) is 0.179. The number of amides is 4. The molecule has 3 aromatic carbocycles. The minimum atomic E-state index is -0.703. The standard InChI is InChI=1S/C28H24Cl2IN3O6/c1-3-39-24-12-16(10-20(31)26(24)40-15-17-8-9-18(29)13-19(17)30)11-22-27(36)34(28(37)33-22)14-25(35)32-21-6-4-5-7-23(21)38-2/h4-13H,3,14-15H2,1-2H3,(H,32,35)(H,33,37)/b22-11+. The van der Waals surface area contributed by atoms with Crippen LogP contribution in [0.25, 0.3) is 6.08 Å². The summed E-state index contributed by atoms with van der Waals surface area (Å²) in [4.78, 5) is 39.0. The first kappa shape index (κ1) is 29.5. The number of imide groups is 1. The van der Waals surface area contributed by atoms with Crippen molar-refractivity contribution in [3.8, 4) is 17.2 Å². The maximum Gasteiger partial charge on any atom is 0.329 e. The Hall–Kier alpha value is -3.48. The summed E-state index contributed by atoms with van der Waals surface area (Å²) in [6.45, 7) is 1.93. The van der Waals surface area contributed by atoms with Crippen molar-refractivity contribution in [1.82, 2.24) is 10.2 Å². The second kappa shape index (κ2) is 13.2. The van der Waals surface area contributed by atoms with Crippen molar-refractivity contribution in [3.63, 3.8) is 0 Å². The molecule has 1 fully saturated rings. The third-order valence-electron chi connectivity index (χ3n) is 5.67. The Morgan fingerprint density at radius 1 is 1.07 bits per heavy atom. The lowest BCUT2D eigenvalue weighted by Crippen LogP contribution is -2.38. The van der Waals surface area contributed by atoms with Crippen LogP contribution in [0.15, 0.2) is 60.3 Å². The highest BCUT2D eigenvalue weighted by molar-refractivity contribution is 14.1. The molecule has 0 saturated carbocycles. The molecule has 208 valence electrons. The van der Waals surface area contributed by atoms with E-state index in [1.807, 2.05) is 6.92 Å². The van der Waals surface area contributed by atoms with E-state index < -0.39 is 24.4 Å². The lowest BCUT2D eigenvalue weighted by molar-refractivity contribution is -0.127. The van der Waals surface area contributed by atoms with E-state index in [9.17, 15) is 14.4 Å². The molecule has 1 heterocycles. The van der Waals surface area contributed by atoms with Gasteiger partial charge in [-0.25, -0.2) is 9.69 Å². The predicted molar refractivity (Wildman–Crippen MR) is 161 cm³/mol. The van der Waals surface area contributed by atoms with Gasteiger partial charge in [0.15, 0.2) is 11.5 Å². The van der Waals surface area contributed by atoms with Gasteiger partial charge in [0, 0.05) is 15.6 Å². The quantitative estimate of drug-likeness (QED) is 0.151. The molecule has 12 heteroatoms. The predicted octanol–water partition coefficient (Wildman–Crippen LogP) is 6.12. The topological polar surface area (TPSA) is 106 Å². The van der Waals surface area contributed by atoms with Gasteiger partial charge in [-0.05, 0) is 77.6 Å². The summed E-state index contributed by atoms with van der Waals surface area (Å²) < 4.78 is 17.8. The van der Waals surface area contributed by atoms with Gasteiger partial charge in [0.2, 0.25) is 5.91 Å². The third kappa shape index (κ3) is 6.98. The van der Waals surface area contributed by atoms with E-state index >= 15 is 0 Å².